The Morgan fingerprint density at radius 1 is 1.02 bits per heavy atom. The molecule has 2 saturated heterocycles. The molecule has 3 N–H and O–H groups in total. The first-order valence-electron chi connectivity index (χ1n) is 13.2. The van der Waals surface area contributed by atoms with Gasteiger partial charge in [0.25, 0.3) is 0 Å². The van der Waals surface area contributed by atoms with Gasteiger partial charge in [-0.15, -0.1) is 0 Å². The Labute approximate surface area is 230 Å². The lowest BCUT2D eigenvalue weighted by Crippen LogP contribution is -2.44. The average molecular weight is 558 g/mol. The maximum Gasteiger partial charge on any atom is 0.404 e. The molecule has 0 amide bonds. The second-order valence-electron chi connectivity index (χ2n) is 10.7. The predicted molar refractivity (Wildman–Crippen MR) is 148 cm³/mol. The second-order valence-corrected chi connectivity index (χ2v) is 12.6. The Kier molecular flexibility index (Phi) is 5.59. The number of nitrogen functional groups attached to an aromatic ring is 1. The summed E-state index contributed by atoms with van der Waals surface area (Å²) in [6, 6.07) is 14.3. The summed E-state index contributed by atoms with van der Waals surface area (Å²) in [6.07, 6.45) is 8.09. The fraction of sp³-hybridized carbons (Fsp3) is 0.333. The zero-order valence-corrected chi connectivity index (χ0v) is 23.0. The number of nitrogens with two attached hydrogens (primary N) is 1. The number of aryl methyl sites for hydroxylation is 1. The van der Waals surface area contributed by atoms with Crippen LogP contribution in [0.4, 0.5) is 11.8 Å². The van der Waals surface area contributed by atoms with Gasteiger partial charge in [-0.05, 0) is 37.0 Å². The first-order chi connectivity index (χ1) is 19.3. The normalized spacial score (nSPS) is 20.9. The Morgan fingerprint density at radius 2 is 1.77 bits per heavy atom. The smallest absolute Gasteiger partial charge is 0.382 e. The van der Waals surface area contributed by atoms with Crippen molar-refractivity contribution in [1.82, 2.24) is 35.0 Å². The fourth-order valence-corrected chi connectivity index (χ4v) is 7.40. The van der Waals surface area contributed by atoms with Gasteiger partial charge >= 0.3 is 5.95 Å². The van der Waals surface area contributed by atoms with Crippen LogP contribution in [0.3, 0.4) is 0 Å². The molecule has 13 heteroatoms. The monoisotopic (exact) mass is 557 g/mol. The molecular formula is C27H29N10O2S+. The summed E-state index contributed by atoms with van der Waals surface area (Å²) in [6.45, 7) is 0. The van der Waals surface area contributed by atoms with Gasteiger partial charge in [-0.1, -0.05) is 41.2 Å². The Bertz CT molecular complexity index is 1820. The van der Waals surface area contributed by atoms with Crippen LogP contribution in [0.5, 0.6) is 0 Å². The average Bonchev–Trinajstić information content (AvgIpc) is 3.63. The van der Waals surface area contributed by atoms with E-state index in [1.165, 1.54) is 10.8 Å². The number of aromatic amines is 1. The summed E-state index contributed by atoms with van der Waals surface area (Å²) < 4.78 is 27.6. The van der Waals surface area contributed by atoms with Gasteiger partial charge in [0.15, 0.2) is 15.5 Å². The van der Waals surface area contributed by atoms with Crippen molar-refractivity contribution in [2.75, 3.05) is 16.9 Å². The van der Waals surface area contributed by atoms with E-state index in [2.05, 4.69) is 30.4 Å². The number of nitrogens with zero attached hydrogens (tertiary/aromatic N) is 8. The van der Waals surface area contributed by atoms with E-state index >= 15 is 0 Å². The number of anilines is 2. The molecule has 4 aromatic heterocycles. The van der Waals surface area contributed by atoms with Crippen LogP contribution in [0.1, 0.15) is 37.3 Å². The highest BCUT2D eigenvalue weighted by molar-refractivity contribution is 7.91. The number of aromatic nitrogens is 8. The van der Waals surface area contributed by atoms with E-state index in [1.807, 2.05) is 42.5 Å². The summed E-state index contributed by atoms with van der Waals surface area (Å²) >= 11 is 0. The molecule has 12 nitrogen and oxygen atoms in total. The number of hydrogen-bond acceptors (Lipinski definition) is 9. The SMILES string of the molecule is C[n+]1nc(N2C3CCC2CC(c2nc4c(-c5ccc(-c6ccccc6)nc5)cnn4c(N)c2S(C)(=O)=O)C3)n[nH]1. The lowest BCUT2D eigenvalue weighted by atomic mass is 9.88. The number of H-pyrrole nitrogens is 1. The Hall–Kier alpha value is -4.39. The van der Waals surface area contributed by atoms with Crippen molar-refractivity contribution in [1.29, 1.82) is 0 Å². The van der Waals surface area contributed by atoms with E-state index in [9.17, 15) is 8.42 Å². The van der Waals surface area contributed by atoms with Crippen LogP contribution in [0, 0.1) is 0 Å². The third-order valence-corrected chi connectivity index (χ3v) is 9.22. The topological polar surface area (TPSA) is 152 Å². The summed E-state index contributed by atoms with van der Waals surface area (Å²) in [5.74, 6) is 0.669. The second kappa shape index (κ2) is 9.08. The van der Waals surface area contributed by atoms with Crippen molar-refractivity contribution in [2.45, 2.75) is 48.6 Å². The van der Waals surface area contributed by atoms with E-state index in [-0.39, 0.29) is 28.7 Å². The van der Waals surface area contributed by atoms with Crippen LogP contribution < -0.4 is 15.4 Å². The highest BCUT2D eigenvalue weighted by Gasteiger charge is 2.46. The number of nitrogens with one attached hydrogen (secondary N) is 1. The summed E-state index contributed by atoms with van der Waals surface area (Å²) in [7, 11) is -1.88. The summed E-state index contributed by atoms with van der Waals surface area (Å²) in [5.41, 5.74) is 11.0. The molecule has 0 spiro atoms. The number of benzene rings is 1. The maximum atomic E-state index is 13.1. The van der Waals surface area contributed by atoms with E-state index in [0.29, 0.717) is 17.3 Å². The molecule has 5 aromatic rings. The van der Waals surface area contributed by atoms with Crippen LogP contribution in [0.2, 0.25) is 0 Å². The van der Waals surface area contributed by atoms with E-state index < -0.39 is 9.84 Å². The van der Waals surface area contributed by atoms with E-state index in [4.69, 9.17) is 10.7 Å². The lowest BCUT2D eigenvalue weighted by molar-refractivity contribution is -0.783. The molecule has 7 rings (SSSR count). The standard InChI is InChI=1S/C27H28N10O2S/c1-35-33-27(32-34-35)36-19-9-10-20(36)13-18(12-19)23-24(40(2,38)39)25(28)37-26(31-23)21(15-30-37)17-8-11-22(29-14-17)16-6-4-3-5-7-16/h3-8,11,14-15,18-20H,9-10,12-13H2,1-2H3,(H2,28,30,31)/p+1. The maximum absolute atomic E-state index is 13.1. The molecule has 204 valence electrons. The molecule has 1 aromatic carbocycles. The predicted octanol–water partition coefficient (Wildman–Crippen LogP) is 2.30. The van der Waals surface area contributed by atoms with Crippen molar-refractivity contribution < 1.29 is 13.2 Å². The summed E-state index contributed by atoms with van der Waals surface area (Å²) in [5, 5.41) is 16.1. The molecular weight excluding hydrogens is 528 g/mol. The summed E-state index contributed by atoms with van der Waals surface area (Å²) in [4.78, 5) is 13.6. The van der Waals surface area contributed by atoms with Crippen molar-refractivity contribution >= 4 is 27.3 Å². The number of tetrazole rings is 1. The quantitative estimate of drug-likeness (QED) is 0.310. The van der Waals surface area contributed by atoms with Crippen LogP contribution in [-0.4, -0.2) is 61.8 Å². The number of sulfone groups is 1. The highest BCUT2D eigenvalue weighted by Crippen LogP contribution is 2.46. The van der Waals surface area contributed by atoms with Crippen molar-refractivity contribution in [2.24, 2.45) is 7.05 Å². The van der Waals surface area contributed by atoms with Crippen molar-refractivity contribution in [3.05, 3.63) is 60.6 Å². The minimum Gasteiger partial charge on any atom is -0.382 e. The number of pyridine rings is 1. The van der Waals surface area contributed by atoms with Crippen LogP contribution in [0.25, 0.3) is 28.0 Å². The molecule has 2 aliphatic rings. The minimum atomic E-state index is -3.68. The van der Waals surface area contributed by atoms with Crippen LogP contribution in [-0.2, 0) is 16.9 Å². The van der Waals surface area contributed by atoms with Crippen LogP contribution in [0.15, 0.2) is 59.8 Å². The molecule has 6 heterocycles. The number of hydrogen-bond donors (Lipinski definition) is 2. The molecule has 2 atom stereocenters. The molecule has 0 radical (unpaired) electrons. The van der Waals surface area contributed by atoms with Crippen LogP contribution >= 0.6 is 0 Å². The molecule has 0 saturated carbocycles. The van der Waals surface area contributed by atoms with Gasteiger partial charge < -0.3 is 10.6 Å². The third kappa shape index (κ3) is 3.99. The zero-order valence-electron chi connectivity index (χ0n) is 22.1. The third-order valence-electron chi connectivity index (χ3n) is 8.06. The number of rotatable bonds is 5. The van der Waals surface area contributed by atoms with E-state index in [1.54, 1.807) is 24.2 Å². The number of piperidine rings is 1. The first kappa shape index (κ1) is 24.6. The van der Waals surface area contributed by atoms with Crippen molar-refractivity contribution in [3.8, 4) is 22.4 Å². The molecule has 2 aliphatic heterocycles. The minimum absolute atomic E-state index is 0.0642. The zero-order chi connectivity index (χ0) is 27.6. The number of fused-ring (bicyclic) bond motifs is 3. The Balaban J connectivity index is 1.30. The molecule has 2 fully saturated rings. The molecule has 0 aliphatic carbocycles. The van der Waals surface area contributed by atoms with Gasteiger partial charge in [0.05, 0.1) is 22.7 Å². The lowest BCUT2D eigenvalue weighted by Gasteiger charge is -2.36. The van der Waals surface area contributed by atoms with E-state index in [0.717, 1.165) is 48.1 Å². The van der Waals surface area contributed by atoms with Gasteiger partial charge in [0.2, 0.25) is 0 Å². The fourth-order valence-electron chi connectivity index (χ4n) is 6.34. The van der Waals surface area contributed by atoms with Gasteiger partial charge in [0, 0.05) is 52.2 Å². The highest BCUT2D eigenvalue weighted by atomic mass is 32.2. The Morgan fingerprint density at radius 3 is 2.40 bits per heavy atom. The van der Waals surface area contributed by atoms with Gasteiger partial charge in [0.1, 0.15) is 17.8 Å². The molecule has 40 heavy (non-hydrogen) atoms. The first-order valence-corrected chi connectivity index (χ1v) is 15.1. The van der Waals surface area contributed by atoms with Gasteiger partial charge in [-0.2, -0.15) is 9.61 Å². The molecule has 2 unspecified atom stereocenters. The van der Waals surface area contributed by atoms with Gasteiger partial charge in [-0.25, -0.2) is 13.4 Å². The van der Waals surface area contributed by atoms with Crippen molar-refractivity contribution in [3.63, 3.8) is 0 Å². The molecule has 2 bridgehead atoms. The van der Waals surface area contributed by atoms with Gasteiger partial charge in [-0.3, -0.25) is 4.98 Å². The largest absolute Gasteiger partial charge is 0.404 e.